The minimum absolute atomic E-state index is 0.00431. The maximum atomic E-state index is 8.92. The minimum Gasteiger partial charge on any atom is -0.411 e. The van der Waals surface area contributed by atoms with Crippen molar-refractivity contribution in [1.29, 1.82) is 10.5 Å². The molecule has 0 saturated heterocycles. The predicted octanol–water partition coefficient (Wildman–Crippen LogP) is 2.36. The molecule has 3 N–H and O–H groups in total. The molecule has 7 heteroatoms. The summed E-state index contributed by atoms with van der Waals surface area (Å²) in [5.74, 6) is 0.00431. The first-order valence-electron chi connectivity index (χ1n) is 7.20. The van der Waals surface area contributed by atoms with E-state index in [2.05, 4.69) is 27.3 Å². The van der Waals surface area contributed by atoms with Gasteiger partial charge in [-0.3, -0.25) is 4.99 Å². The molecule has 25 heavy (non-hydrogen) atoms. The topological polar surface area (TPSA) is 131 Å². The highest BCUT2D eigenvalue weighted by molar-refractivity contribution is 6.29. The molecule has 0 atom stereocenters. The van der Waals surface area contributed by atoms with Gasteiger partial charge in [-0.25, -0.2) is 4.99 Å². The van der Waals surface area contributed by atoms with Crippen LogP contribution >= 0.6 is 0 Å². The third-order valence-corrected chi connectivity index (χ3v) is 3.32. The quantitative estimate of drug-likeness (QED) is 0.377. The number of nitrogens with zero attached hydrogens (tertiary/aromatic N) is 5. The maximum Gasteiger partial charge on any atom is 0.147 e. The monoisotopic (exact) mass is 330 g/mol. The van der Waals surface area contributed by atoms with Crippen molar-refractivity contribution in [2.45, 2.75) is 6.04 Å². The van der Waals surface area contributed by atoms with Crippen LogP contribution in [-0.2, 0) is 0 Å². The number of rotatable bonds is 5. The maximum absolute atomic E-state index is 8.92. The fourth-order valence-corrected chi connectivity index (χ4v) is 2.10. The summed E-state index contributed by atoms with van der Waals surface area (Å²) in [4.78, 5) is 8.26. The molecule has 2 aromatic carbocycles. The molecule has 0 fully saturated rings. The smallest absolute Gasteiger partial charge is 0.147 e. The molecular weight excluding hydrogens is 316 g/mol. The van der Waals surface area contributed by atoms with Crippen LogP contribution in [0, 0.1) is 22.7 Å². The lowest BCUT2D eigenvalue weighted by molar-refractivity contribution is 0.322. The number of amidine groups is 1. The summed E-state index contributed by atoms with van der Waals surface area (Å²) < 4.78 is 0. The molecule has 0 bridgehead atoms. The number of nitriles is 2. The molecule has 122 valence electrons. The molecule has 0 aromatic heterocycles. The number of hydrogen-bond donors (Lipinski definition) is 2. The summed E-state index contributed by atoms with van der Waals surface area (Å²) in [6.07, 6.45) is 2.27. The van der Waals surface area contributed by atoms with Crippen molar-refractivity contribution in [1.82, 2.24) is 0 Å². The van der Waals surface area contributed by atoms with Crippen molar-refractivity contribution >= 4 is 18.4 Å². The molecule has 0 saturated carbocycles. The third kappa shape index (κ3) is 4.75. The molecule has 0 aliphatic rings. The Hall–Kier alpha value is -3.97. The van der Waals surface area contributed by atoms with E-state index < -0.39 is 0 Å². The van der Waals surface area contributed by atoms with E-state index in [0.29, 0.717) is 11.1 Å². The average molecular weight is 330 g/mol. The van der Waals surface area contributed by atoms with Crippen molar-refractivity contribution in [3.63, 3.8) is 0 Å². The molecule has 2 rings (SSSR count). The molecular formula is C18H14N6O. The molecule has 2 aromatic rings. The largest absolute Gasteiger partial charge is 0.411 e. The highest BCUT2D eigenvalue weighted by Gasteiger charge is 2.12. The van der Waals surface area contributed by atoms with E-state index in [0.717, 1.165) is 17.3 Å². The number of hydrogen-bond acceptors (Lipinski definition) is 5. The van der Waals surface area contributed by atoms with Gasteiger partial charge in [-0.1, -0.05) is 29.4 Å². The predicted molar refractivity (Wildman–Crippen MR) is 94.5 cm³/mol. The molecule has 0 amide bonds. The van der Waals surface area contributed by atoms with Crippen molar-refractivity contribution < 1.29 is 5.21 Å². The molecule has 0 radical (unpaired) electrons. The molecule has 0 heterocycles. The SMILES string of the molecule is N#Cc1ccc(C(N=CN=C(N)/C=N/O)c2ccc(C#N)cc2)cc1. The summed E-state index contributed by atoms with van der Waals surface area (Å²) in [5, 5.41) is 29.0. The first-order chi connectivity index (χ1) is 12.2. The third-order valence-electron chi connectivity index (χ3n) is 3.32. The Kier molecular flexibility index (Phi) is 5.99. The van der Waals surface area contributed by atoms with Crippen LogP contribution in [0.3, 0.4) is 0 Å². The highest BCUT2D eigenvalue weighted by Crippen LogP contribution is 2.26. The Morgan fingerprint density at radius 1 is 0.960 bits per heavy atom. The summed E-state index contributed by atoms with van der Waals surface area (Å²) in [7, 11) is 0. The zero-order chi connectivity index (χ0) is 18.1. The second-order valence-electron chi connectivity index (χ2n) is 4.93. The molecule has 0 unspecified atom stereocenters. The fraction of sp³-hybridized carbons (Fsp3) is 0.0556. The van der Waals surface area contributed by atoms with Crippen LogP contribution in [0.15, 0.2) is 63.7 Å². The summed E-state index contributed by atoms with van der Waals surface area (Å²) in [6, 6.07) is 17.8. The van der Waals surface area contributed by atoms with Gasteiger partial charge in [0.05, 0.1) is 23.3 Å². The van der Waals surface area contributed by atoms with Crippen LogP contribution in [0.2, 0.25) is 0 Å². The second-order valence-corrected chi connectivity index (χ2v) is 4.93. The van der Waals surface area contributed by atoms with Crippen molar-refractivity contribution in [3.05, 3.63) is 70.8 Å². The highest BCUT2D eigenvalue weighted by atomic mass is 16.4. The van der Waals surface area contributed by atoms with E-state index in [1.54, 1.807) is 48.5 Å². The van der Waals surface area contributed by atoms with E-state index in [1.165, 1.54) is 6.34 Å². The summed E-state index contributed by atoms with van der Waals surface area (Å²) >= 11 is 0. The summed E-state index contributed by atoms with van der Waals surface area (Å²) in [5.41, 5.74) is 8.30. The fourth-order valence-electron chi connectivity index (χ4n) is 2.10. The molecule has 0 spiro atoms. The lowest BCUT2D eigenvalue weighted by Crippen LogP contribution is -2.13. The van der Waals surface area contributed by atoms with E-state index in [-0.39, 0.29) is 11.9 Å². The van der Waals surface area contributed by atoms with Crippen molar-refractivity contribution in [2.75, 3.05) is 0 Å². The summed E-state index contributed by atoms with van der Waals surface area (Å²) in [6.45, 7) is 0. The van der Waals surface area contributed by atoms with E-state index in [1.807, 2.05) is 0 Å². The van der Waals surface area contributed by atoms with E-state index in [9.17, 15) is 0 Å². The first-order valence-corrected chi connectivity index (χ1v) is 7.20. The van der Waals surface area contributed by atoms with E-state index >= 15 is 0 Å². The van der Waals surface area contributed by atoms with Gasteiger partial charge in [0.2, 0.25) is 0 Å². The Balaban J connectivity index is 2.39. The van der Waals surface area contributed by atoms with Gasteiger partial charge in [0.25, 0.3) is 0 Å². The van der Waals surface area contributed by atoms with E-state index in [4.69, 9.17) is 21.5 Å². The van der Waals surface area contributed by atoms with Gasteiger partial charge in [0.1, 0.15) is 24.4 Å². The van der Waals surface area contributed by atoms with Gasteiger partial charge in [-0.15, -0.1) is 0 Å². The van der Waals surface area contributed by atoms with Crippen LogP contribution in [0.4, 0.5) is 0 Å². The van der Waals surface area contributed by atoms with Crippen LogP contribution < -0.4 is 5.73 Å². The lowest BCUT2D eigenvalue weighted by Gasteiger charge is -2.13. The first kappa shape index (κ1) is 17.4. The van der Waals surface area contributed by atoms with Crippen LogP contribution in [0.5, 0.6) is 0 Å². The van der Waals surface area contributed by atoms with Gasteiger partial charge in [-0.05, 0) is 35.4 Å². The number of benzene rings is 2. The minimum atomic E-state index is -0.386. The molecule has 0 aliphatic carbocycles. The Labute approximate surface area is 144 Å². The van der Waals surface area contributed by atoms with Gasteiger partial charge in [0.15, 0.2) is 0 Å². The van der Waals surface area contributed by atoms with Gasteiger partial charge in [0, 0.05) is 0 Å². The zero-order valence-electron chi connectivity index (χ0n) is 13.1. The van der Waals surface area contributed by atoms with Crippen molar-refractivity contribution in [2.24, 2.45) is 20.9 Å². The number of oxime groups is 1. The molecule has 0 aliphatic heterocycles. The Morgan fingerprint density at radius 2 is 1.44 bits per heavy atom. The average Bonchev–Trinajstić information content (AvgIpc) is 2.66. The van der Waals surface area contributed by atoms with Gasteiger partial charge < -0.3 is 10.9 Å². The second kappa shape index (κ2) is 8.61. The standard InChI is InChI=1S/C18H14N6O/c19-9-13-1-5-15(6-2-13)18(23-12-22-17(21)11-24-25)16-7-3-14(10-20)4-8-16/h1-8,11-12,18,25H,(H2,21,22,23)/b24-11+. The number of aliphatic imine (C=N–C) groups is 2. The Bertz CT molecular complexity index is 826. The van der Waals surface area contributed by atoms with Crippen molar-refractivity contribution in [3.8, 4) is 12.1 Å². The Morgan fingerprint density at radius 3 is 1.84 bits per heavy atom. The van der Waals surface area contributed by atoms with Crippen LogP contribution in [0.1, 0.15) is 28.3 Å². The van der Waals surface area contributed by atoms with Gasteiger partial charge >= 0.3 is 0 Å². The number of nitrogens with two attached hydrogens (primary N) is 1. The van der Waals surface area contributed by atoms with Gasteiger partial charge in [-0.2, -0.15) is 10.5 Å². The molecule has 7 nitrogen and oxygen atoms in total. The normalized spacial score (nSPS) is 11.7. The lowest BCUT2D eigenvalue weighted by atomic mass is 9.97. The van der Waals surface area contributed by atoms with Crippen LogP contribution in [-0.4, -0.2) is 23.6 Å². The zero-order valence-corrected chi connectivity index (χ0v) is 13.1. The van der Waals surface area contributed by atoms with Crippen LogP contribution in [0.25, 0.3) is 0 Å².